The molecule has 2 rings (SSSR count). The van der Waals surface area contributed by atoms with E-state index in [-0.39, 0.29) is 12.5 Å². The molecule has 1 aliphatic carbocycles. The number of piperidine rings is 1. The van der Waals surface area contributed by atoms with Gasteiger partial charge in [0, 0.05) is 38.3 Å². The van der Waals surface area contributed by atoms with Crippen LogP contribution in [0.25, 0.3) is 0 Å². The number of carbonyl (C=O) groups excluding carboxylic acids is 1. The van der Waals surface area contributed by atoms with Crippen LogP contribution in [0.2, 0.25) is 0 Å². The highest BCUT2D eigenvalue weighted by atomic mass is 16.3. The summed E-state index contributed by atoms with van der Waals surface area (Å²) >= 11 is 0. The predicted molar refractivity (Wildman–Crippen MR) is 74.7 cm³/mol. The van der Waals surface area contributed by atoms with Crippen molar-refractivity contribution in [3.8, 4) is 0 Å². The minimum Gasteiger partial charge on any atom is -0.396 e. The molecule has 1 saturated carbocycles. The lowest BCUT2D eigenvalue weighted by atomic mass is 9.91. The summed E-state index contributed by atoms with van der Waals surface area (Å²) in [5.41, 5.74) is 5.88. The van der Waals surface area contributed by atoms with Gasteiger partial charge in [-0.1, -0.05) is 0 Å². The average Bonchev–Trinajstić information content (AvgIpc) is 2.34. The zero-order valence-electron chi connectivity index (χ0n) is 11.8. The van der Waals surface area contributed by atoms with E-state index in [4.69, 9.17) is 10.8 Å². The second-order valence-electron chi connectivity index (χ2n) is 5.86. The van der Waals surface area contributed by atoms with Crippen LogP contribution in [0.5, 0.6) is 0 Å². The smallest absolute Gasteiger partial charge is 0.236 e. The van der Waals surface area contributed by atoms with E-state index in [9.17, 15) is 4.79 Å². The Morgan fingerprint density at radius 3 is 2.47 bits per heavy atom. The van der Waals surface area contributed by atoms with Crippen LogP contribution >= 0.6 is 0 Å². The summed E-state index contributed by atoms with van der Waals surface area (Å²) in [6, 6.07) is 0.731. The third-order valence-corrected chi connectivity index (χ3v) is 4.38. The highest BCUT2D eigenvalue weighted by Gasteiger charge is 2.29. The van der Waals surface area contributed by atoms with Gasteiger partial charge in [0.15, 0.2) is 0 Å². The SMILES string of the molecule is NC1CCN(CC(=O)N(CCCO)C2CCC2)CC1. The minimum absolute atomic E-state index is 0.162. The van der Waals surface area contributed by atoms with Crippen LogP contribution in [0.4, 0.5) is 0 Å². The van der Waals surface area contributed by atoms with E-state index in [1.54, 1.807) is 0 Å². The van der Waals surface area contributed by atoms with Crippen LogP contribution in [0.1, 0.15) is 38.5 Å². The van der Waals surface area contributed by atoms with Gasteiger partial charge in [-0.05, 0) is 38.5 Å². The summed E-state index contributed by atoms with van der Waals surface area (Å²) in [7, 11) is 0. The molecule has 19 heavy (non-hydrogen) atoms. The molecule has 0 unspecified atom stereocenters. The Balaban J connectivity index is 1.80. The maximum absolute atomic E-state index is 12.4. The topological polar surface area (TPSA) is 69.8 Å². The third-order valence-electron chi connectivity index (χ3n) is 4.38. The number of aliphatic hydroxyl groups excluding tert-OH is 1. The van der Waals surface area contributed by atoms with Crippen molar-refractivity contribution in [2.45, 2.75) is 50.6 Å². The first kappa shape index (κ1) is 14.8. The summed E-state index contributed by atoms with van der Waals surface area (Å²) in [5, 5.41) is 8.96. The Labute approximate surface area is 115 Å². The normalized spacial score (nSPS) is 22.2. The molecule has 0 radical (unpaired) electrons. The van der Waals surface area contributed by atoms with Gasteiger partial charge in [-0.2, -0.15) is 0 Å². The summed E-state index contributed by atoms with van der Waals surface area (Å²) in [5.74, 6) is 0.230. The summed E-state index contributed by atoms with van der Waals surface area (Å²) in [4.78, 5) is 16.6. The van der Waals surface area contributed by atoms with Crippen LogP contribution in [-0.2, 0) is 4.79 Å². The van der Waals surface area contributed by atoms with Crippen molar-refractivity contribution in [1.29, 1.82) is 0 Å². The molecule has 0 aromatic rings. The second-order valence-corrected chi connectivity index (χ2v) is 5.86. The van der Waals surface area contributed by atoms with Gasteiger partial charge in [0.2, 0.25) is 5.91 Å². The number of nitrogens with two attached hydrogens (primary N) is 1. The molecule has 1 amide bonds. The first-order valence-corrected chi connectivity index (χ1v) is 7.59. The van der Waals surface area contributed by atoms with Crippen LogP contribution in [-0.4, -0.2) is 65.7 Å². The van der Waals surface area contributed by atoms with Crippen LogP contribution in [0, 0.1) is 0 Å². The maximum Gasteiger partial charge on any atom is 0.236 e. The zero-order valence-corrected chi connectivity index (χ0v) is 11.8. The number of aliphatic hydroxyl groups is 1. The zero-order chi connectivity index (χ0) is 13.7. The Kier molecular flexibility index (Phi) is 5.60. The van der Waals surface area contributed by atoms with Crippen LogP contribution in [0.15, 0.2) is 0 Å². The summed E-state index contributed by atoms with van der Waals surface area (Å²) in [6.45, 7) is 3.26. The highest BCUT2D eigenvalue weighted by Crippen LogP contribution is 2.25. The minimum atomic E-state index is 0.162. The van der Waals surface area contributed by atoms with E-state index >= 15 is 0 Å². The van der Waals surface area contributed by atoms with Gasteiger partial charge >= 0.3 is 0 Å². The maximum atomic E-state index is 12.4. The van der Waals surface area contributed by atoms with Gasteiger partial charge in [0.05, 0.1) is 6.54 Å². The van der Waals surface area contributed by atoms with E-state index in [1.807, 2.05) is 4.90 Å². The molecule has 0 aromatic heterocycles. The van der Waals surface area contributed by atoms with E-state index in [0.29, 0.717) is 31.6 Å². The van der Waals surface area contributed by atoms with Gasteiger partial charge in [-0.3, -0.25) is 9.69 Å². The Morgan fingerprint density at radius 1 is 1.26 bits per heavy atom. The fourth-order valence-electron chi connectivity index (χ4n) is 2.84. The Bertz CT molecular complexity index is 286. The molecule has 1 saturated heterocycles. The fourth-order valence-corrected chi connectivity index (χ4v) is 2.84. The number of likely N-dealkylation sites (tertiary alicyclic amines) is 1. The summed E-state index contributed by atoms with van der Waals surface area (Å²) < 4.78 is 0. The molecule has 1 heterocycles. The van der Waals surface area contributed by atoms with Crippen molar-refractivity contribution < 1.29 is 9.90 Å². The molecule has 0 spiro atoms. The van der Waals surface area contributed by atoms with E-state index in [0.717, 1.165) is 38.8 Å². The number of amides is 1. The molecule has 2 fully saturated rings. The Morgan fingerprint density at radius 2 is 1.95 bits per heavy atom. The molecule has 2 aliphatic rings. The monoisotopic (exact) mass is 269 g/mol. The number of carbonyl (C=O) groups is 1. The van der Waals surface area contributed by atoms with E-state index in [2.05, 4.69) is 4.90 Å². The van der Waals surface area contributed by atoms with E-state index in [1.165, 1.54) is 6.42 Å². The standard InChI is InChI=1S/C14H27N3O2/c15-12-5-8-16(9-6-12)11-14(19)17(7-2-10-18)13-3-1-4-13/h12-13,18H,1-11,15H2. The molecular weight excluding hydrogens is 242 g/mol. The molecule has 3 N–H and O–H groups in total. The van der Waals surface area contributed by atoms with Gasteiger partial charge in [-0.25, -0.2) is 0 Å². The molecule has 1 aliphatic heterocycles. The first-order valence-electron chi connectivity index (χ1n) is 7.59. The molecule has 5 heteroatoms. The van der Waals surface area contributed by atoms with Crippen molar-refractivity contribution in [3.05, 3.63) is 0 Å². The Hall–Kier alpha value is -0.650. The molecule has 0 bridgehead atoms. The van der Waals surface area contributed by atoms with Crippen molar-refractivity contribution in [1.82, 2.24) is 9.80 Å². The summed E-state index contributed by atoms with van der Waals surface area (Å²) in [6.07, 6.45) is 6.16. The van der Waals surface area contributed by atoms with Gasteiger partial charge in [-0.15, -0.1) is 0 Å². The van der Waals surface area contributed by atoms with Crippen LogP contribution < -0.4 is 5.73 Å². The molecular formula is C14H27N3O2. The average molecular weight is 269 g/mol. The molecule has 0 aromatic carbocycles. The van der Waals surface area contributed by atoms with Crippen LogP contribution in [0.3, 0.4) is 0 Å². The second kappa shape index (κ2) is 7.22. The lowest BCUT2D eigenvalue weighted by molar-refractivity contribution is -0.137. The van der Waals surface area contributed by atoms with E-state index < -0.39 is 0 Å². The van der Waals surface area contributed by atoms with Crippen molar-refractivity contribution in [2.24, 2.45) is 5.73 Å². The van der Waals surface area contributed by atoms with Crippen molar-refractivity contribution in [2.75, 3.05) is 32.8 Å². The highest BCUT2D eigenvalue weighted by molar-refractivity contribution is 5.78. The number of hydrogen-bond acceptors (Lipinski definition) is 4. The molecule has 5 nitrogen and oxygen atoms in total. The quantitative estimate of drug-likeness (QED) is 0.721. The molecule has 0 atom stereocenters. The third kappa shape index (κ3) is 4.16. The number of rotatable bonds is 6. The van der Waals surface area contributed by atoms with Gasteiger partial charge in [0.1, 0.15) is 0 Å². The largest absolute Gasteiger partial charge is 0.396 e. The predicted octanol–water partition coefficient (Wildman–Crippen LogP) is 0.173. The van der Waals surface area contributed by atoms with Gasteiger partial charge in [0.25, 0.3) is 0 Å². The van der Waals surface area contributed by atoms with Crippen molar-refractivity contribution in [3.63, 3.8) is 0 Å². The van der Waals surface area contributed by atoms with Gasteiger partial charge < -0.3 is 15.7 Å². The number of hydrogen-bond donors (Lipinski definition) is 2. The lowest BCUT2D eigenvalue weighted by Crippen LogP contribution is -2.50. The lowest BCUT2D eigenvalue weighted by Gasteiger charge is -2.39. The number of nitrogens with zero attached hydrogens (tertiary/aromatic N) is 2. The first-order chi connectivity index (χ1) is 9.20. The van der Waals surface area contributed by atoms with Crippen molar-refractivity contribution >= 4 is 5.91 Å². The fraction of sp³-hybridized carbons (Fsp3) is 0.929. The molecule has 110 valence electrons.